The van der Waals surface area contributed by atoms with Gasteiger partial charge in [0.2, 0.25) is 0 Å². The first-order valence-corrected chi connectivity index (χ1v) is 7.77. The molecule has 3 aliphatic heterocycles. The Kier molecular flexibility index (Phi) is 2.63. The average molecular weight is 257 g/mol. The third-order valence-corrected chi connectivity index (χ3v) is 5.27. The SMILES string of the molecule is Cc1ccc2c(c1)C[C@@]1(CCN3CCCC[C@H]3C1)O2. The predicted octanol–water partition coefficient (Wildman–Crippen LogP) is 3.32. The van der Waals surface area contributed by atoms with Crippen molar-refractivity contribution in [3.63, 3.8) is 0 Å². The summed E-state index contributed by atoms with van der Waals surface area (Å²) in [5.74, 6) is 1.15. The third-order valence-electron chi connectivity index (χ3n) is 5.27. The van der Waals surface area contributed by atoms with Crippen molar-refractivity contribution in [2.75, 3.05) is 13.1 Å². The maximum Gasteiger partial charge on any atom is 0.123 e. The molecule has 19 heavy (non-hydrogen) atoms. The van der Waals surface area contributed by atoms with Crippen molar-refractivity contribution < 1.29 is 4.74 Å². The molecule has 2 nitrogen and oxygen atoms in total. The van der Waals surface area contributed by atoms with Crippen molar-refractivity contribution >= 4 is 0 Å². The minimum Gasteiger partial charge on any atom is -0.487 e. The quantitative estimate of drug-likeness (QED) is 0.707. The molecule has 2 saturated heterocycles. The van der Waals surface area contributed by atoms with Crippen LogP contribution in [0, 0.1) is 6.92 Å². The Balaban J connectivity index is 1.57. The van der Waals surface area contributed by atoms with Crippen molar-refractivity contribution in [2.45, 2.75) is 57.1 Å². The van der Waals surface area contributed by atoms with Crippen LogP contribution in [0.1, 0.15) is 43.2 Å². The Morgan fingerprint density at radius 2 is 2.21 bits per heavy atom. The minimum atomic E-state index is 0.120. The Morgan fingerprint density at radius 1 is 1.26 bits per heavy atom. The van der Waals surface area contributed by atoms with E-state index in [0.717, 1.165) is 18.2 Å². The molecule has 0 N–H and O–H groups in total. The molecule has 0 aromatic heterocycles. The van der Waals surface area contributed by atoms with E-state index >= 15 is 0 Å². The fraction of sp³-hybridized carbons (Fsp3) is 0.647. The van der Waals surface area contributed by atoms with Crippen LogP contribution in [0.4, 0.5) is 0 Å². The molecule has 1 aromatic rings. The highest BCUT2D eigenvalue weighted by Crippen LogP contribution is 2.44. The summed E-state index contributed by atoms with van der Waals surface area (Å²) in [4.78, 5) is 2.70. The molecule has 1 aromatic carbocycles. The van der Waals surface area contributed by atoms with Gasteiger partial charge in [-0.05, 0) is 37.9 Å². The smallest absolute Gasteiger partial charge is 0.123 e. The standard InChI is InChI=1S/C17H23NO/c1-13-5-6-16-14(10-13)11-17(19-16)7-9-18-8-3-2-4-15(18)12-17/h5-6,10,15H,2-4,7-9,11-12H2,1H3/t15-,17+/m0/s1. The Morgan fingerprint density at radius 3 is 3.16 bits per heavy atom. The Hall–Kier alpha value is -1.02. The van der Waals surface area contributed by atoms with Crippen LogP contribution in [0.3, 0.4) is 0 Å². The van der Waals surface area contributed by atoms with E-state index in [0.29, 0.717) is 0 Å². The van der Waals surface area contributed by atoms with Gasteiger partial charge in [0.1, 0.15) is 11.4 Å². The van der Waals surface area contributed by atoms with Crippen LogP contribution in [0.25, 0.3) is 0 Å². The zero-order chi connectivity index (χ0) is 12.9. The molecule has 2 fully saturated rings. The molecule has 0 radical (unpaired) electrons. The van der Waals surface area contributed by atoms with E-state index in [1.165, 1.54) is 56.3 Å². The number of ether oxygens (including phenoxy) is 1. The summed E-state index contributed by atoms with van der Waals surface area (Å²) >= 11 is 0. The number of aryl methyl sites for hydroxylation is 1. The second kappa shape index (κ2) is 4.24. The number of nitrogens with zero attached hydrogens (tertiary/aromatic N) is 1. The van der Waals surface area contributed by atoms with Gasteiger partial charge in [0.05, 0.1) is 0 Å². The molecule has 102 valence electrons. The highest BCUT2D eigenvalue weighted by Gasteiger charge is 2.45. The van der Waals surface area contributed by atoms with Crippen LogP contribution in [0.5, 0.6) is 5.75 Å². The van der Waals surface area contributed by atoms with E-state index < -0.39 is 0 Å². The molecule has 2 heteroatoms. The van der Waals surface area contributed by atoms with Crippen molar-refractivity contribution in [1.29, 1.82) is 0 Å². The van der Waals surface area contributed by atoms with Gasteiger partial charge in [0, 0.05) is 31.8 Å². The van der Waals surface area contributed by atoms with Gasteiger partial charge in [-0.2, -0.15) is 0 Å². The maximum atomic E-state index is 6.41. The topological polar surface area (TPSA) is 12.5 Å². The summed E-state index contributed by atoms with van der Waals surface area (Å²) in [5, 5.41) is 0. The van der Waals surface area contributed by atoms with Crippen molar-refractivity contribution in [1.82, 2.24) is 4.90 Å². The first-order valence-electron chi connectivity index (χ1n) is 7.77. The number of rotatable bonds is 0. The van der Waals surface area contributed by atoms with Gasteiger partial charge in [-0.15, -0.1) is 0 Å². The molecular weight excluding hydrogens is 234 g/mol. The fourth-order valence-corrected chi connectivity index (χ4v) is 4.28. The largest absolute Gasteiger partial charge is 0.487 e. The zero-order valence-corrected chi connectivity index (χ0v) is 11.8. The molecule has 0 unspecified atom stereocenters. The highest BCUT2D eigenvalue weighted by molar-refractivity contribution is 5.42. The molecule has 0 amide bonds. The van der Waals surface area contributed by atoms with Crippen LogP contribution >= 0.6 is 0 Å². The molecule has 0 aliphatic carbocycles. The number of hydrogen-bond acceptors (Lipinski definition) is 2. The van der Waals surface area contributed by atoms with E-state index in [2.05, 4.69) is 30.0 Å². The van der Waals surface area contributed by atoms with E-state index in [1.54, 1.807) is 0 Å². The van der Waals surface area contributed by atoms with Gasteiger partial charge in [-0.3, -0.25) is 0 Å². The van der Waals surface area contributed by atoms with Crippen molar-refractivity contribution in [2.24, 2.45) is 0 Å². The molecule has 4 rings (SSSR count). The van der Waals surface area contributed by atoms with E-state index in [4.69, 9.17) is 4.74 Å². The molecule has 0 saturated carbocycles. The van der Waals surface area contributed by atoms with Crippen LogP contribution in [0.2, 0.25) is 0 Å². The predicted molar refractivity (Wildman–Crippen MR) is 76.7 cm³/mol. The minimum absolute atomic E-state index is 0.120. The van der Waals surface area contributed by atoms with Crippen LogP contribution in [-0.2, 0) is 6.42 Å². The molecule has 0 bridgehead atoms. The molecule has 3 heterocycles. The third kappa shape index (κ3) is 1.97. The average Bonchev–Trinajstić information content (AvgIpc) is 2.75. The number of piperidine rings is 2. The number of benzene rings is 1. The second-order valence-corrected chi connectivity index (χ2v) is 6.71. The summed E-state index contributed by atoms with van der Waals surface area (Å²) < 4.78 is 6.41. The normalized spacial score (nSPS) is 33.8. The molecule has 1 spiro atoms. The Bertz CT molecular complexity index is 498. The second-order valence-electron chi connectivity index (χ2n) is 6.71. The van der Waals surface area contributed by atoms with Crippen LogP contribution in [0.15, 0.2) is 18.2 Å². The molecule has 2 atom stereocenters. The fourth-order valence-electron chi connectivity index (χ4n) is 4.28. The summed E-state index contributed by atoms with van der Waals surface area (Å²) in [6, 6.07) is 7.44. The first-order chi connectivity index (χ1) is 9.24. The van der Waals surface area contributed by atoms with Crippen molar-refractivity contribution in [3.8, 4) is 5.75 Å². The van der Waals surface area contributed by atoms with Gasteiger partial charge in [-0.1, -0.05) is 24.1 Å². The number of fused-ring (bicyclic) bond motifs is 2. The Labute approximate surface area is 115 Å². The van der Waals surface area contributed by atoms with Gasteiger partial charge < -0.3 is 9.64 Å². The monoisotopic (exact) mass is 257 g/mol. The van der Waals surface area contributed by atoms with Gasteiger partial charge >= 0.3 is 0 Å². The number of hydrogen-bond donors (Lipinski definition) is 0. The lowest BCUT2D eigenvalue weighted by Gasteiger charge is -2.46. The van der Waals surface area contributed by atoms with Gasteiger partial charge in [-0.25, -0.2) is 0 Å². The summed E-state index contributed by atoms with van der Waals surface area (Å²) in [7, 11) is 0. The van der Waals surface area contributed by atoms with E-state index in [9.17, 15) is 0 Å². The van der Waals surface area contributed by atoms with Crippen molar-refractivity contribution in [3.05, 3.63) is 29.3 Å². The highest BCUT2D eigenvalue weighted by atomic mass is 16.5. The first kappa shape index (κ1) is 11.8. The van der Waals surface area contributed by atoms with Gasteiger partial charge in [0.25, 0.3) is 0 Å². The van der Waals surface area contributed by atoms with Gasteiger partial charge in [0.15, 0.2) is 0 Å². The molecule has 3 aliphatic rings. The lowest BCUT2D eigenvalue weighted by molar-refractivity contribution is -0.0249. The summed E-state index contributed by atoms with van der Waals surface area (Å²) in [6.07, 6.45) is 7.75. The lowest BCUT2D eigenvalue weighted by Crippen LogP contribution is -2.54. The van der Waals surface area contributed by atoms with Crippen LogP contribution < -0.4 is 4.74 Å². The summed E-state index contributed by atoms with van der Waals surface area (Å²) in [5.41, 5.74) is 2.91. The summed E-state index contributed by atoms with van der Waals surface area (Å²) in [6.45, 7) is 4.72. The zero-order valence-electron chi connectivity index (χ0n) is 11.8. The van der Waals surface area contributed by atoms with E-state index in [1.807, 2.05) is 0 Å². The molecular formula is C17H23NO. The van der Waals surface area contributed by atoms with E-state index in [-0.39, 0.29) is 5.60 Å². The maximum absolute atomic E-state index is 6.41. The lowest BCUT2D eigenvalue weighted by atomic mass is 9.80. The van der Waals surface area contributed by atoms with Crippen LogP contribution in [-0.4, -0.2) is 29.6 Å².